The van der Waals surface area contributed by atoms with Crippen LogP contribution in [-0.2, 0) is 19.6 Å². The van der Waals surface area contributed by atoms with Gasteiger partial charge in [-0.2, -0.15) is 5.10 Å². The number of aromatic nitrogens is 4. The summed E-state index contributed by atoms with van der Waals surface area (Å²) < 4.78 is 7.46. The van der Waals surface area contributed by atoms with Gasteiger partial charge in [0, 0.05) is 31.7 Å². The number of nitrogens with zero attached hydrogens (tertiary/aromatic N) is 4. The molecule has 29 heavy (non-hydrogen) atoms. The van der Waals surface area contributed by atoms with Gasteiger partial charge in [-0.15, -0.1) is 0 Å². The highest BCUT2D eigenvalue weighted by Crippen LogP contribution is 2.39. The van der Waals surface area contributed by atoms with Crippen LogP contribution in [0.15, 0.2) is 66.1 Å². The molecule has 3 aromatic heterocycles. The maximum Gasteiger partial charge on any atom is 0.137 e. The average Bonchev–Trinajstić information content (AvgIpc) is 3.38. The molecule has 0 radical (unpaired) electrons. The van der Waals surface area contributed by atoms with Gasteiger partial charge < -0.3 is 10.1 Å². The molecule has 5 rings (SSSR count). The summed E-state index contributed by atoms with van der Waals surface area (Å²) in [7, 11) is 0. The fourth-order valence-corrected chi connectivity index (χ4v) is 4.12. The Bertz CT molecular complexity index is 1110. The Morgan fingerprint density at radius 3 is 2.66 bits per heavy atom. The van der Waals surface area contributed by atoms with E-state index in [0.29, 0.717) is 13.1 Å². The number of hydrogen-bond donors (Lipinski definition) is 2. The summed E-state index contributed by atoms with van der Waals surface area (Å²) in [4.78, 5) is 5.81. The van der Waals surface area contributed by atoms with E-state index in [-0.39, 0.29) is 0 Å². The third-order valence-electron chi connectivity index (χ3n) is 5.23. The quantitative estimate of drug-likeness (QED) is 0.438. The molecule has 1 aliphatic rings. The molecular weight excluding hydrogens is 380 g/mol. The van der Waals surface area contributed by atoms with Gasteiger partial charge in [-0.05, 0) is 53.5 Å². The topological polar surface area (TPSA) is 73.2 Å². The van der Waals surface area contributed by atoms with E-state index in [1.165, 1.54) is 24.0 Å². The molecule has 1 saturated carbocycles. The van der Waals surface area contributed by atoms with Crippen LogP contribution in [0, 0.1) is 0 Å². The minimum Gasteiger partial charge on any atom is -0.326 e. The van der Waals surface area contributed by atoms with Crippen LogP contribution in [-0.4, -0.2) is 19.2 Å². The molecule has 1 aliphatic carbocycles. The molecule has 4 aromatic rings. The van der Waals surface area contributed by atoms with Gasteiger partial charge in [-0.1, -0.05) is 30.3 Å². The normalized spacial score (nSPS) is 14.0. The highest BCUT2D eigenvalue weighted by atomic mass is 32.2. The molecule has 0 unspecified atom stereocenters. The Balaban J connectivity index is 1.18. The maximum atomic E-state index is 5.64. The lowest BCUT2D eigenvalue weighted by Crippen LogP contribution is -2.03. The number of benzene rings is 1. The molecule has 1 aromatic carbocycles. The zero-order chi connectivity index (χ0) is 19.6. The third kappa shape index (κ3) is 4.37. The minimum atomic E-state index is 0.579. The first kappa shape index (κ1) is 18.4. The second-order valence-electron chi connectivity index (χ2n) is 7.55. The fourth-order valence-electron chi connectivity index (χ4n) is 3.44. The van der Waals surface area contributed by atoms with E-state index < -0.39 is 0 Å². The summed E-state index contributed by atoms with van der Waals surface area (Å²) in [6, 6.07) is 12.7. The average molecular weight is 405 g/mol. The molecule has 0 aliphatic heterocycles. The lowest BCUT2D eigenvalue weighted by atomic mass is 10.1. The van der Waals surface area contributed by atoms with Crippen molar-refractivity contribution in [1.82, 2.24) is 23.9 Å². The van der Waals surface area contributed by atoms with Gasteiger partial charge in [0.15, 0.2) is 0 Å². The van der Waals surface area contributed by atoms with E-state index in [1.807, 2.05) is 10.9 Å². The second-order valence-corrected chi connectivity index (χ2v) is 8.52. The molecule has 1 fully saturated rings. The van der Waals surface area contributed by atoms with Crippen molar-refractivity contribution < 1.29 is 0 Å². The van der Waals surface area contributed by atoms with Gasteiger partial charge in [0.1, 0.15) is 5.65 Å². The number of nitrogens with two attached hydrogens (primary N) is 1. The standard InChI is InChI=1S/C22H24N6S/c23-9-16-1-3-17(4-2-16)10-25-29-21-11-24-28(15-21)14-20-13-27-12-19(18-5-6-18)7-8-22(27)26-20/h1-4,7-8,11-13,15,18,25H,5-6,9-10,14,23H2. The number of nitrogens with one attached hydrogen (secondary N) is 1. The largest absolute Gasteiger partial charge is 0.326 e. The van der Waals surface area contributed by atoms with Crippen LogP contribution < -0.4 is 10.5 Å². The summed E-state index contributed by atoms with van der Waals surface area (Å²) in [5, 5.41) is 4.48. The van der Waals surface area contributed by atoms with Crippen LogP contribution in [0.1, 0.15) is 41.1 Å². The Labute approximate surface area is 174 Å². The molecule has 6 nitrogen and oxygen atoms in total. The summed E-state index contributed by atoms with van der Waals surface area (Å²) in [6.07, 6.45) is 10.9. The van der Waals surface area contributed by atoms with Crippen molar-refractivity contribution in [1.29, 1.82) is 0 Å². The van der Waals surface area contributed by atoms with Gasteiger partial charge in [0.05, 0.1) is 23.3 Å². The first-order valence-electron chi connectivity index (χ1n) is 9.94. The summed E-state index contributed by atoms with van der Waals surface area (Å²) >= 11 is 1.59. The van der Waals surface area contributed by atoms with Crippen LogP contribution in [0.5, 0.6) is 0 Å². The lowest BCUT2D eigenvalue weighted by Gasteiger charge is -2.03. The van der Waals surface area contributed by atoms with Crippen molar-refractivity contribution in [2.24, 2.45) is 5.73 Å². The Morgan fingerprint density at radius 2 is 1.86 bits per heavy atom. The van der Waals surface area contributed by atoms with Gasteiger partial charge in [0.25, 0.3) is 0 Å². The Hall–Kier alpha value is -2.61. The summed E-state index contributed by atoms with van der Waals surface area (Å²) in [5.74, 6) is 0.752. The predicted molar refractivity (Wildman–Crippen MR) is 116 cm³/mol. The van der Waals surface area contributed by atoms with E-state index in [9.17, 15) is 0 Å². The Kier molecular flexibility index (Phi) is 5.10. The highest BCUT2D eigenvalue weighted by Gasteiger charge is 2.23. The Morgan fingerprint density at radius 1 is 1.03 bits per heavy atom. The van der Waals surface area contributed by atoms with E-state index in [1.54, 1.807) is 11.9 Å². The van der Waals surface area contributed by atoms with Crippen molar-refractivity contribution in [3.05, 3.63) is 83.6 Å². The van der Waals surface area contributed by atoms with Crippen molar-refractivity contribution in [2.75, 3.05) is 0 Å². The van der Waals surface area contributed by atoms with Crippen molar-refractivity contribution >= 4 is 17.6 Å². The molecule has 3 N–H and O–H groups in total. The molecule has 0 bridgehead atoms. The molecule has 0 amide bonds. The molecule has 3 heterocycles. The second kappa shape index (κ2) is 8.02. The summed E-state index contributed by atoms with van der Waals surface area (Å²) in [6.45, 7) is 2.04. The fraction of sp³-hybridized carbons (Fsp3) is 0.273. The highest BCUT2D eigenvalue weighted by molar-refractivity contribution is 7.97. The van der Waals surface area contributed by atoms with Gasteiger partial charge in [-0.3, -0.25) is 9.40 Å². The first-order chi connectivity index (χ1) is 14.3. The number of hydrogen-bond acceptors (Lipinski definition) is 5. The zero-order valence-corrected chi connectivity index (χ0v) is 17.0. The van der Waals surface area contributed by atoms with Crippen LogP contribution in [0.25, 0.3) is 5.65 Å². The molecule has 0 saturated heterocycles. The van der Waals surface area contributed by atoms with Gasteiger partial charge in [0.2, 0.25) is 0 Å². The molecule has 148 valence electrons. The number of pyridine rings is 1. The molecular formula is C22H24N6S. The predicted octanol–water partition coefficient (Wildman–Crippen LogP) is 3.71. The van der Waals surface area contributed by atoms with Crippen LogP contribution in [0.4, 0.5) is 0 Å². The summed E-state index contributed by atoms with van der Waals surface area (Å²) in [5.41, 5.74) is 11.5. The number of rotatable bonds is 8. The van der Waals surface area contributed by atoms with Crippen LogP contribution >= 0.6 is 11.9 Å². The lowest BCUT2D eigenvalue weighted by molar-refractivity contribution is 0.675. The SMILES string of the molecule is NCc1ccc(CNSc2cnn(Cc3cn4cc(C5CC5)ccc4n3)c2)cc1. The first-order valence-corrected chi connectivity index (χ1v) is 10.8. The maximum absolute atomic E-state index is 5.64. The third-order valence-corrected chi connectivity index (χ3v) is 5.97. The van der Waals surface area contributed by atoms with E-state index >= 15 is 0 Å². The minimum absolute atomic E-state index is 0.579. The monoisotopic (exact) mass is 404 g/mol. The van der Waals surface area contributed by atoms with Crippen molar-refractivity contribution in [2.45, 2.75) is 43.3 Å². The van der Waals surface area contributed by atoms with Crippen molar-refractivity contribution in [3.63, 3.8) is 0 Å². The number of imidazole rings is 1. The van der Waals surface area contributed by atoms with E-state index in [4.69, 9.17) is 10.7 Å². The number of fused-ring (bicyclic) bond motifs is 1. The van der Waals surface area contributed by atoms with Crippen LogP contribution in [0.2, 0.25) is 0 Å². The van der Waals surface area contributed by atoms with Crippen LogP contribution in [0.3, 0.4) is 0 Å². The van der Waals surface area contributed by atoms with Gasteiger partial charge >= 0.3 is 0 Å². The smallest absolute Gasteiger partial charge is 0.137 e. The molecule has 0 atom stereocenters. The van der Waals surface area contributed by atoms with Crippen molar-refractivity contribution in [3.8, 4) is 0 Å². The van der Waals surface area contributed by atoms with E-state index in [0.717, 1.165) is 34.3 Å². The van der Waals surface area contributed by atoms with Gasteiger partial charge in [-0.25, -0.2) is 4.98 Å². The molecule has 0 spiro atoms. The molecule has 7 heteroatoms. The van der Waals surface area contributed by atoms with E-state index in [2.05, 4.69) is 69.2 Å². The zero-order valence-electron chi connectivity index (χ0n) is 16.2.